The number of carbonyl (C=O) groups excluding carboxylic acids is 2. The highest BCUT2D eigenvalue weighted by Gasteiger charge is 2.25. The first-order chi connectivity index (χ1) is 14.7. The number of esters is 1. The number of nitrogens with one attached hydrogen (secondary N) is 1. The Morgan fingerprint density at radius 2 is 1.23 bits per heavy atom. The Balaban J connectivity index is 1.67. The summed E-state index contributed by atoms with van der Waals surface area (Å²) in [6.07, 6.45) is 1.75. The molecule has 0 aliphatic heterocycles. The van der Waals surface area contributed by atoms with Crippen molar-refractivity contribution < 1.29 is 14.3 Å². The molecule has 0 saturated heterocycles. The molecule has 1 amide bonds. The molecule has 4 heteroatoms. The van der Waals surface area contributed by atoms with Crippen LogP contribution in [0.2, 0.25) is 0 Å². The lowest BCUT2D eigenvalue weighted by atomic mass is 9.91. The summed E-state index contributed by atoms with van der Waals surface area (Å²) in [5, 5.41) is 2.99. The normalized spacial score (nSPS) is 11.7. The summed E-state index contributed by atoms with van der Waals surface area (Å²) in [4.78, 5) is 25.4. The molecule has 1 N–H and O–H groups in total. The fourth-order valence-electron chi connectivity index (χ4n) is 3.51. The zero-order valence-corrected chi connectivity index (χ0v) is 17.2. The minimum atomic E-state index is -0.569. The Labute approximate surface area is 177 Å². The van der Waals surface area contributed by atoms with E-state index in [0.717, 1.165) is 29.5 Å². The lowest BCUT2D eigenvalue weighted by Crippen LogP contribution is -2.33. The highest BCUT2D eigenvalue weighted by molar-refractivity contribution is 5.85. The second kappa shape index (κ2) is 11.0. The molecule has 3 aromatic rings. The average Bonchev–Trinajstić information content (AvgIpc) is 2.80. The molecule has 0 fully saturated rings. The maximum absolute atomic E-state index is 12.9. The van der Waals surface area contributed by atoms with E-state index in [-0.39, 0.29) is 18.6 Å². The topological polar surface area (TPSA) is 55.4 Å². The van der Waals surface area contributed by atoms with Gasteiger partial charge in [0.05, 0.1) is 6.04 Å². The number of amides is 1. The first-order valence-corrected chi connectivity index (χ1v) is 10.3. The zero-order valence-electron chi connectivity index (χ0n) is 17.2. The fourth-order valence-corrected chi connectivity index (χ4v) is 3.51. The minimum Gasteiger partial charge on any atom is -0.455 e. The Morgan fingerprint density at radius 1 is 0.767 bits per heavy atom. The third-order valence-corrected chi connectivity index (χ3v) is 4.96. The highest BCUT2D eigenvalue weighted by Crippen LogP contribution is 2.26. The van der Waals surface area contributed by atoms with E-state index in [0.29, 0.717) is 0 Å². The van der Waals surface area contributed by atoms with Gasteiger partial charge in [0.15, 0.2) is 6.61 Å². The standard InChI is InChI=1S/C26H27NO3/c1-2-12-23(20-13-6-3-7-14-20)27-24(28)19-30-26(29)25(21-15-8-4-9-16-21)22-17-10-5-11-18-22/h3-11,13-18,23,25H,2,12,19H2,1H3,(H,27,28)/t23-/m1/s1. The number of rotatable bonds is 9. The van der Waals surface area contributed by atoms with Crippen LogP contribution >= 0.6 is 0 Å². The quantitative estimate of drug-likeness (QED) is 0.512. The van der Waals surface area contributed by atoms with E-state index >= 15 is 0 Å². The second-order valence-corrected chi connectivity index (χ2v) is 7.18. The summed E-state index contributed by atoms with van der Waals surface area (Å²) < 4.78 is 5.44. The second-order valence-electron chi connectivity index (χ2n) is 7.18. The van der Waals surface area contributed by atoms with E-state index in [4.69, 9.17) is 4.74 Å². The summed E-state index contributed by atoms with van der Waals surface area (Å²) in [5.41, 5.74) is 2.72. The van der Waals surface area contributed by atoms with E-state index in [2.05, 4.69) is 12.2 Å². The van der Waals surface area contributed by atoms with Crippen LogP contribution in [0, 0.1) is 0 Å². The molecule has 0 aromatic heterocycles. The van der Waals surface area contributed by atoms with Gasteiger partial charge in [0, 0.05) is 0 Å². The molecule has 0 bridgehead atoms. The van der Waals surface area contributed by atoms with Crippen LogP contribution in [-0.2, 0) is 14.3 Å². The predicted octanol–water partition coefficient (Wildman–Crippen LogP) is 5.02. The Kier molecular flexibility index (Phi) is 7.78. The average molecular weight is 402 g/mol. The molecule has 0 spiro atoms. The summed E-state index contributed by atoms with van der Waals surface area (Å²) in [7, 11) is 0. The maximum atomic E-state index is 12.9. The van der Waals surface area contributed by atoms with Crippen molar-refractivity contribution in [3.8, 4) is 0 Å². The number of ether oxygens (including phenoxy) is 1. The molecule has 0 saturated carbocycles. The van der Waals surface area contributed by atoms with Gasteiger partial charge in [-0.2, -0.15) is 0 Å². The van der Waals surface area contributed by atoms with Crippen molar-refractivity contribution in [2.75, 3.05) is 6.61 Å². The molecule has 0 aliphatic carbocycles. The van der Waals surface area contributed by atoms with Crippen molar-refractivity contribution in [2.24, 2.45) is 0 Å². The molecule has 154 valence electrons. The summed E-state index contributed by atoms with van der Waals surface area (Å²) in [6.45, 7) is 1.77. The molecule has 3 rings (SSSR count). The molecule has 0 aliphatic rings. The van der Waals surface area contributed by atoms with Gasteiger partial charge in [-0.25, -0.2) is 0 Å². The lowest BCUT2D eigenvalue weighted by molar-refractivity contribution is -0.149. The van der Waals surface area contributed by atoms with Crippen molar-refractivity contribution in [3.63, 3.8) is 0 Å². The van der Waals surface area contributed by atoms with Gasteiger partial charge < -0.3 is 10.1 Å². The van der Waals surface area contributed by atoms with E-state index in [1.807, 2.05) is 91.0 Å². The molecule has 30 heavy (non-hydrogen) atoms. The maximum Gasteiger partial charge on any atom is 0.318 e. The Morgan fingerprint density at radius 3 is 1.70 bits per heavy atom. The van der Waals surface area contributed by atoms with Gasteiger partial charge in [-0.05, 0) is 23.1 Å². The monoisotopic (exact) mass is 401 g/mol. The molecule has 1 atom stereocenters. The van der Waals surface area contributed by atoms with Crippen LogP contribution in [-0.4, -0.2) is 18.5 Å². The van der Waals surface area contributed by atoms with Gasteiger partial charge in [-0.3, -0.25) is 9.59 Å². The van der Waals surface area contributed by atoms with Gasteiger partial charge >= 0.3 is 5.97 Å². The SMILES string of the molecule is CCC[C@@H](NC(=O)COC(=O)C(c1ccccc1)c1ccccc1)c1ccccc1. The van der Waals surface area contributed by atoms with Gasteiger partial charge in [-0.15, -0.1) is 0 Å². The van der Waals surface area contributed by atoms with E-state index in [9.17, 15) is 9.59 Å². The van der Waals surface area contributed by atoms with Crippen molar-refractivity contribution in [1.29, 1.82) is 0 Å². The van der Waals surface area contributed by atoms with Crippen LogP contribution in [0.1, 0.15) is 48.4 Å². The van der Waals surface area contributed by atoms with Gasteiger partial charge in [0.1, 0.15) is 5.92 Å². The predicted molar refractivity (Wildman–Crippen MR) is 118 cm³/mol. The van der Waals surface area contributed by atoms with Crippen molar-refractivity contribution >= 4 is 11.9 Å². The Bertz CT molecular complexity index is 887. The van der Waals surface area contributed by atoms with Crippen molar-refractivity contribution in [1.82, 2.24) is 5.32 Å². The fraction of sp³-hybridized carbons (Fsp3) is 0.231. The zero-order chi connectivity index (χ0) is 21.2. The highest BCUT2D eigenvalue weighted by atomic mass is 16.5. The summed E-state index contributed by atoms with van der Waals surface area (Å²) >= 11 is 0. The van der Waals surface area contributed by atoms with Crippen LogP contribution in [0.3, 0.4) is 0 Å². The molecule has 0 unspecified atom stereocenters. The largest absolute Gasteiger partial charge is 0.455 e. The minimum absolute atomic E-state index is 0.0959. The molecule has 4 nitrogen and oxygen atoms in total. The third-order valence-electron chi connectivity index (χ3n) is 4.96. The smallest absolute Gasteiger partial charge is 0.318 e. The van der Waals surface area contributed by atoms with Gasteiger partial charge in [-0.1, -0.05) is 104 Å². The number of hydrogen-bond acceptors (Lipinski definition) is 3. The van der Waals surface area contributed by atoms with Crippen molar-refractivity contribution in [2.45, 2.75) is 31.7 Å². The van der Waals surface area contributed by atoms with Crippen LogP contribution in [0.5, 0.6) is 0 Å². The van der Waals surface area contributed by atoms with Crippen LogP contribution in [0.25, 0.3) is 0 Å². The van der Waals surface area contributed by atoms with E-state index < -0.39 is 11.9 Å². The third kappa shape index (κ3) is 5.80. The number of benzene rings is 3. The lowest BCUT2D eigenvalue weighted by Gasteiger charge is -2.20. The summed E-state index contributed by atoms with van der Waals surface area (Å²) in [6, 6.07) is 28.7. The first-order valence-electron chi connectivity index (χ1n) is 10.3. The van der Waals surface area contributed by atoms with Crippen LogP contribution < -0.4 is 5.32 Å². The first kappa shape index (κ1) is 21.3. The number of carbonyl (C=O) groups is 2. The number of hydrogen-bond donors (Lipinski definition) is 1. The molecular formula is C26H27NO3. The van der Waals surface area contributed by atoms with Crippen LogP contribution in [0.4, 0.5) is 0 Å². The molecule has 0 heterocycles. The molecule has 3 aromatic carbocycles. The van der Waals surface area contributed by atoms with E-state index in [1.54, 1.807) is 0 Å². The van der Waals surface area contributed by atoms with Gasteiger partial charge in [0.25, 0.3) is 5.91 Å². The Hall–Kier alpha value is -3.40. The summed E-state index contributed by atoms with van der Waals surface area (Å²) in [5.74, 6) is -1.31. The van der Waals surface area contributed by atoms with Crippen LogP contribution in [0.15, 0.2) is 91.0 Å². The molecule has 0 radical (unpaired) electrons. The van der Waals surface area contributed by atoms with E-state index in [1.165, 1.54) is 0 Å². The van der Waals surface area contributed by atoms with Gasteiger partial charge in [0.2, 0.25) is 0 Å². The molecular weight excluding hydrogens is 374 g/mol. The van der Waals surface area contributed by atoms with Crippen molar-refractivity contribution in [3.05, 3.63) is 108 Å².